The molecule has 1 aromatic rings. The fourth-order valence-corrected chi connectivity index (χ4v) is 2.03. The van der Waals surface area contributed by atoms with Gasteiger partial charge in [0.25, 0.3) is 0 Å². The zero-order valence-corrected chi connectivity index (χ0v) is 12.3. The number of carbonyl (C=O) groups excluding carboxylic acids is 1. The molecule has 0 radical (unpaired) electrons. The van der Waals surface area contributed by atoms with Gasteiger partial charge < -0.3 is 15.2 Å². The Labute approximate surface area is 115 Å². The predicted molar refractivity (Wildman–Crippen MR) is 73.3 cm³/mol. The van der Waals surface area contributed by atoms with Gasteiger partial charge in [-0.25, -0.2) is 0 Å². The molecule has 0 spiro atoms. The molecule has 100 valence electrons. The third-order valence-corrected chi connectivity index (χ3v) is 3.30. The number of halogens is 1. The monoisotopic (exact) mass is 315 g/mol. The molecule has 4 nitrogen and oxygen atoms in total. The number of phenols is 1. The molecular weight excluding hydrogens is 298 g/mol. The highest BCUT2D eigenvalue weighted by Crippen LogP contribution is 2.24. The van der Waals surface area contributed by atoms with E-state index in [1.807, 2.05) is 26.0 Å². The summed E-state index contributed by atoms with van der Waals surface area (Å²) in [6.45, 7) is 4.46. The van der Waals surface area contributed by atoms with Crippen LogP contribution in [0.15, 0.2) is 22.7 Å². The number of ether oxygens (including phenoxy) is 1. The van der Waals surface area contributed by atoms with Gasteiger partial charge in [0.2, 0.25) is 0 Å². The van der Waals surface area contributed by atoms with Gasteiger partial charge in [0.15, 0.2) is 0 Å². The van der Waals surface area contributed by atoms with E-state index in [9.17, 15) is 9.90 Å². The lowest BCUT2D eigenvalue weighted by atomic mass is 10.0. The minimum atomic E-state index is -0.331. The van der Waals surface area contributed by atoms with Crippen molar-refractivity contribution in [3.8, 4) is 5.75 Å². The molecule has 0 bridgehead atoms. The maximum atomic E-state index is 11.6. The quantitative estimate of drug-likeness (QED) is 0.819. The Morgan fingerprint density at radius 3 is 2.67 bits per heavy atom. The largest absolute Gasteiger partial charge is 0.507 e. The first-order chi connectivity index (χ1) is 8.45. The fourth-order valence-electron chi connectivity index (χ4n) is 1.61. The summed E-state index contributed by atoms with van der Waals surface area (Å²) in [4.78, 5) is 11.6. The van der Waals surface area contributed by atoms with Crippen LogP contribution in [0.25, 0.3) is 0 Å². The molecule has 1 unspecified atom stereocenters. The summed E-state index contributed by atoms with van der Waals surface area (Å²) in [5, 5.41) is 12.6. The number of aromatic hydroxyl groups is 1. The summed E-state index contributed by atoms with van der Waals surface area (Å²) in [5.41, 5.74) is 0.981. The number of hydrogen-bond acceptors (Lipinski definition) is 4. The highest BCUT2D eigenvalue weighted by atomic mass is 79.9. The molecule has 0 amide bonds. The summed E-state index contributed by atoms with van der Waals surface area (Å²) in [6.07, 6.45) is 0. The third-order valence-electron chi connectivity index (χ3n) is 2.66. The van der Waals surface area contributed by atoms with Crippen molar-refractivity contribution in [1.29, 1.82) is 0 Å². The number of methoxy groups -OCH3 is 1. The van der Waals surface area contributed by atoms with E-state index in [1.165, 1.54) is 7.11 Å². The lowest BCUT2D eigenvalue weighted by Crippen LogP contribution is -2.41. The topological polar surface area (TPSA) is 58.6 Å². The van der Waals surface area contributed by atoms with Crippen LogP contribution in [0.3, 0.4) is 0 Å². The van der Waals surface area contributed by atoms with E-state index in [-0.39, 0.29) is 23.7 Å². The predicted octanol–water partition coefficient (Wildman–Crippen LogP) is 2.44. The van der Waals surface area contributed by atoms with Crippen molar-refractivity contribution >= 4 is 21.9 Å². The number of phenolic OH excluding ortho intramolecular Hbond substituents is 1. The Kier molecular flexibility index (Phi) is 5.62. The van der Waals surface area contributed by atoms with E-state index in [2.05, 4.69) is 21.2 Å². The molecular formula is C13H18BrNO3. The minimum Gasteiger partial charge on any atom is -0.507 e. The van der Waals surface area contributed by atoms with E-state index < -0.39 is 0 Å². The zero-order valence-electron chi connectivity index (χ0n) is 10.7. The average Bonchev–Trinajstić information content (AvgIpc) is 2.33. The molecule has 1 atom stereocenters. The Hall–Kier alpha value is -1.07. The Bertz CT molecular complexity index is 421. The third kappa shape index (κ3) is 3.99. The lowest BCUT2D eigenvalue weighted by Gasteiger charge is -2.19. The van der Waals surface area contributed by atoms with Gasteiger partial charge in [-0.3, -0.25) is 4.79 Å². The molecule has 0 saturated heterocycles. The molecule has 0 aliphatic carbocycles. The summed E-state index contributed by atoms with van der Waals surface area (Å²) in [6, 6.07) is 4.91. The molecule has 5 heteroatoms. The van der Waals surface area contributed by atoms with Crippen LogP contribution in [-0.4, -0.2) is 24.2 Å². The lowest BCUT2D eigenvalue weighted by molar-refractivity contribution is -0.144. The van der Waals surface area contributed by atoms with E-state index in [4.69, 9.17) is 4.74 Å². The number of rotatable bonds is 5. The minimum absolute atomic E-state index is 0.151. The second kappa shape index (κ2) is 6.75. The van der Waals surface area contributed by atoms with E-state index in [1.54, 1.807) is 6.07 Å². The van der Waals surface area contributed by atoms with Crippen molar-refractivity contribution in [2.45, 2.75) is 26.4 Å². The first-order valence-electron chi connectivity index (χ1n) is 5.74. The molecule has 1 rings (SSSR count). The smallest absolute Gasteiger partial charge is 0.323 e. The average molecular weight is 316 g/mol. The van der Waals surface area contributed by atoms with Crippen LogP contribution in [0.1, 0.15) is 19.4 Å². The Balaban J connectivity index is 2.67. The molecule has 0 saturated carbocycles. The van der Waals surface area contributed by atoms with Gasteiger partial charge in [0.05, 0.1) is 11.6 Å². The Morgan fingerprint density at radius 1 is 1.50 bits per heavy atom. The van der Waals surface area contributed by atoms with Gasteiger partial charge in [0, 0.05) is 6.54 Å². The number of carbonyl (C=O) groups is 1. The molecule has 0 fully saturated rings. The van der Waals surface area contributed by atoms with Crippen LogP contribution < -0.4 is 5.32 Å². The van der Waals surface area contributed by atoms with E-state index in [0.717, 1.165) is 5.56 Å². The van der Waals surface area contributed by atoms with Gasteiger partial charge in [-0.2, -0.15) is 0 Å². The standard InChI is InChI=1S/C13H18BrNO3/c1-8(2)12(13(17)18-3)15-7-9-4-5-11(16)10(14)6-9/h4-6,8,12,15-16H,7H2,1-3H3. The molecule has 2 N–H and O–H groups in total. The van der Waals surface area contributed by atoms with Crippen LogP contribution in [0.5, 0.6) is 5.75 Å². The SMILES string of the molecule is COC(=O)C(NCc1ccc(O)c(Br)c1)C(C)C. The molecule has 0 heterocycles. The first kappa shape index (κ1) is 15.0. The number of esters is 1. The van der Waals surface area contributed by atoms with Gasteiger partial charge in [-0.1, -0.05) is 19.9 Å². The van der Waals surface area contributed by atoms with Gasteiger partial charge in [-0.15, -0.1) is 0 Å². The van der Waals surface area contributed by atoms with Crippen molar-refractivity contribution in [3.05, 3.63) is 28.2 Å². The van der Waals surface area contributed by atoms with Crippen LogP contribution >= 0.6 is 15.9 Å². The molecule has 0 aromatic heterocycles. The van der Waals surface area contributed by atoms with E-state index >= 15 is 0 Å². The normalized spacial score (nSPS) is 12.5. The maximum Gasteiger partial charge on any atom is 0.323 e. The second-order valence-corrected chi connectivity index (χ2v) is 5.27. The van der Waals surface area contributed by atoms with Gasteiger partial charge in [-0.05, 0) is 39.5 Å². The first-order valence-corrected chi connectivity index (χ1v) is 6.53. The van der Waals surface area contributed by atoms with Crippen LogP contribution in [0.2, 0.25) is 0 Å². The van der Waals surface area contributed by atoms with Crippen LogP contribution in [-0.2, 0) is 16.1 Å². The fraction of sp³-hybridized carbons (Fsp3) is 0.462. The second-order valence-electron chi connectivity index (χ2n) is 4.41. The summed E-state index contributed by atoms with van der Waals surface area (Å²) in [7, 11) is 1.39. The van der Waals surface area contributed by atoms with Crippen LogP contribution in [0.4, 0.5) is 0 Å². The number of benzene rings is 1. The van der Waals surface area contributed by atoms with Gasteiger partial charge >= 0.3 is 5.97 Å². The number of nitrogens with one attached hydrogen (secondary N) is 1. The molecule has 0 aliphatic rings. The zero-order chi connectivity index (χ0) is 13.7. The van der Waals surface area contributed by atoms with Crippen LogP contribution in [0, 0.1) is 5.92 Å². The van der Waals surface area contributed by atoms with Crippen molar-refractivity contribution in [2.75, 3.05) is 7.11 Å². The number of hydrogen-bond donors (Lipinski definition) is 2. The summed E-state index contributed by atoms with van der Waals surface area (Å²) in [5.74, 6) is 0.0907. The summed E-state index contributed by atoms with van der Waals surface area (Å²) < 4.78 is 5.39. The van der Waals surface area contributed by atoms with Gasteiger partial charge in [0.1, 0.15) is 11.8 Å². The Morgan fingerprint density at radius 2 is 2.17 bits per heavy atom. The summed E-state index contributed by atoms with van der Waals surface area (Å²) >= 11 is 3.26. The maximum absolute atomic E-state index is 11.6. The van der Waals surface area contributed by atoms with Crippen molar-refractivity contribution in [3.63, 3.8) is 0 Å². The highest BCUT2D eigenvalue weighted by molar-refractivity contribution is 9.10. The van der Waals surface area contributed by atoms with Crippen molar-refractivity contribution in [2.24, 2.45) is 5.92 Å². The molecule has 18 heavy (non-hydrogen) atoms. The van der Waals surface area contributed by atoms with Crippen molar-refractivity contribution in [1.82, 2.24) is 5.32 Å². The highest BCUT2D eigenvalue weighted by Gasteiger charge is 2.22. The van der Waals surface area contributed by atoms with Crippen molar-refractivity contribution < 1.29 is 14.6 Å². The molecule has 0 aliphatic heterocycles. The molecule has 1 aromatic carbocycles. The van der Waals surface area contributed by atoms with E-state index in [0.29, 0.717) is 11.0 Å².